The van der Waals surface area contributed by atoms with E-state index in [0.29, 0.717) is 5.56 Å². The number of para-hydroxylation sites is 2. The molecule has 2 heterocycles. The van der Waals surface area contributed by atoms with Crippen molar-refractivity contribution >= 4 is 27.7 Å². The summed E-state index contributed by atoms with van der Waals surface area (Å²) < 4.78 is 3.71. The third-order valence-electron chi connectivity index (χ3n) is 4.69. The van der Waals surface area contributed by atoms with Crippen molar-refractivity contribution < 1.29 is 4.79 Å². The number of hydrogen-bond donors (Lipinski definition) is 0. The van der Waals surface area contributed by atoms with Crippen LogP contribution in [-0.2, 0) is 0 Å². The van der Waals surface area contributed by atoms with Crippen LogP contribution in [0.1, 0.15) is 10.4 Å². The van der Waals surface area contributed by atoms with Crippen LogP contribution in [0.15, 0.2) is 91.5 Å². The van der Waals surface area contributed by atoms with E-state index in [-0.39, 0.29) is 5.91 Å². The molecule has 5 aromatic rings. The van der Waals surface area contributed by atoms with E-state index < -0.39 is 0 Å². The highest BCUT2D eigenvalue weighted by molar-refractivity contribution is 6.09. The average molecular weight is 337 g/mol. The van der Waals surface area contributed by atoms with Crippen LogP contribution in [0.3, 0.4) is 0 Å². The summed E-state index contributed by atoms with van der Waals surface area (Å²) in [6.45, 7) is 0. The summed E-state index contributed by atoms with van der Waals surface area (Å²) in [7, 11) is 0. The number of fused-ring (bicyclic) bond motifs is 3. The number of carbonyl (C=O) groups excluding carboxylic acids is 1. The molecule has 0 spiro atoms. The molecule has 0 N–H and O–H groups in total. The molecule has 0 saturated carbocycles. The van der Waals surface area contributed by atoms with Crippen molar-refractivity contribution in [3.63, 3.8) is 0 Å². The van der Waals surface area contributed by atoms with Crippen LogP contribution in [-0.4, -0.2) is 20.0 Å². The normalized spacial score (nSPS) is 11.2. The minimum atomic E-state index is -0.0868. The number of aromatic nitrogens is 3. The summed E-state index contributed by atoms with van der Waals surface area (Å²) in [5.74, 6) is -0.0868. The zero-order valence-electron chi connectivity index (χ0n) is 13.9. The molecular formula is C22H15N3O. The van der Waals surface area contributed by atoms with Gasteiger partial charge in [0.1, 0.15) is 6.33 Å². The standard InChI is InChI=1S/C22H15N3O/c26-22(24-14-13-23-15-24)16-9-11-17(12-10-16)25-20-7-3-1-5-18(20)19-6-2-4-8-21(19)25/h1-15H. The van der Waals surface area contributed by atoms with Gasteiger partial charge in [0.25, 0.3) is 5.91 Å². The Labute approximate surface area is 149 Å². The zero-order chi connectivity index (χ0) is 17.5. The van der Waals surface area contributed by atoms with Crippen molar-refractivity contribution in [1.82, 2.24) is 14.1 Å². The van der Waals surface area contributed by atoms with Gasteiger partial charge in [-0.15, -0.1) is 0 Å². The second kappa shape index (κ2) is 5.70. The predicted molar refractivity (Wildman–Crippen MR) is 103 cm³/mol. The minimum Gasteiger partial charge on any atom is -0.309 e. The van der Waals surface area contributed by atoms with Gasteiger partial charge in [0.05, 0.1) is 11.0 Å². The van der Waals surface area contributed by atoms with Crippen LogP contribution in [0.4, 0.5) is 0 Å². The summed E-state index contributed by atoms with van der Waals surface area (Å²) in [4.78, 5) is 16.4. The Balaban J connectivity index is 1.67. The van der Waals surface area contributed by atoms with Gasteiger partial charge in [-0.05, 0) is 36.4 Å². The zero-order valence-corrected chi connectivity index (χ0v) is 13.9. The molecule has 3 aromatic carbocycles. The van der Waals surface area contributed by atoms with E-state index in [4.69, 9.17) is 0 Å². The molecular weight excluding hydrogens is 322 g/mol. The van der Waals surface area contributed by atoms with E-state index in [9.17, 15) is 4.79 Å². The lowest BCUT2D eigenvalue weighted by atomic mass is 10.2. The Morgan fingerprint density at radius 2 is 1.38 bits per heavy atom. The number of nitrogens with zero attached hydrogens (tertiary/aromatic N) is 3. The fourth-order valence-corrected chi connectivity index (χ4v) is 3.48. The van der Waals surface area contributed by atoms with Gasteiger partial charge in [0, 0.05) is 34.4 Å². The van der Waals surface area contributed by atoms with Gasteiger partial charge in [-0.25, -0.2) is 4.98 Å². The van der Waals surface area contributed by atoms with Gasteiger partial charge in [-0.2, -0.15) is 0 Å². The van der Waals surface area contributed by atoms with Crippen LogP contribution in [0, 0.1) is 0 Å². The van der Waals surface area contributed by atoms with Crippen molar-refractivity contribution in [2.75, 3.05) is 0 Å². The first kappa shape index (κ1) is 14.7. The lowest BCUT2D eigenvalue weighted by molar-refractivity contribution is 0.0960. The molecule has 0 unspecified atom stereocenters. The van der Waals surface area contributed by atoms with Crippen molar-refractivity contribution in [2.45, 2.75) is 0 Å². The summed E-state index contributed by atoms with van der Waals surface area (Å²) in [5.41, 5.74) is 3.97. The van der Waals surface area contributed by atoms with E-state index in [1.807, 2.05) is 24.3 Å². The predicted octanol–water partition coefficient (Wildman–Crippen LogP) is 4.67. The molecule has 4 nitrogen and oxygen atoms in total. The lowest BCUT2D eigenvalue weighted by Crippen LogP contribution is -2.09. The molecule has 0 atom stereocenters. The molecule has 0 bridgehead atoms. The molecule has 0 fully saturated rings. The van der Waals surface area contributed by atoms with Gasteiger partial charge < -0.3 is 4.57 Å². The van der Waals surface area contributed by atoms with E-state index in [2.05, 4.69) is 58.1 Å². The van der Waals surface area contributed by atoms with Crippen molar-refractivity contribution in [3.8, 4) is 5.69 Å². The number of hydrogen-bond acceptors (Lipinski definition) is 2. The number of rotatable bonds is 2. The van der Waals surface area contributed by atoms with Gasteiger partial charge in [0.15, 0.2) is 0 Å². The molecule has 26 heavy (non-hydrogen) atoms. The molecule has 4 heteroatoms. The molecule has 124 valence electrons. The maximum Gasteiger partial charge on any atom is 0.263 e. The Kier molecular flexibility index (Phi) is 3.22. The van der Waals surface area contributed by atoms with Crippen LogP contribution < -0.4 is 0 Å². The molecule has 0 radical (unpaired) electrons. The lowest BCUT2D eigenvalue weighted by Gasteiger charge is -2.09. The van der Waals surface area contributed by atoms with E-state index in [1.54, 1.807) is 12.4 Å². The number of benzene rings is 3. The molecule has 2 aromatic heterocycles. The average Bonchev–Trinajstić information content (AvgIpc) is 3.34. The van der Waals surface area contributed by atoms with Crippen LogP contribution >= 0.6 is 0 Å². The topological polar surface area (TPSA) is 39.8 Å². The number of imidazole rings is 1. The SMILES string of the molecule is O=C(c1ccc(-n2c3ccccc3c3ccccc32)cc1)n1ccnc1. The Morgan fingerprint density at radius 3 is 1.96 bits per heavy atom. The van der Waals surface area contributed by atoms with Crippen molar-refractivity contribution in [3.05, 3.63) is 97.1 Å². The van der Waals surface area contributed by atoms with Crippen LogP contribution in [0.25, 0.3) is 27.5 Å². The van der Waals surface area contributed by atoms with Gasteiger partial charge in [0.2, 0.25) is 0 Å². The fraction of sp³-hybridized carbons (Fsp3) is 0. The maximum absolute atomic E-state index is 12.4. The molecule has 5 rings (SSSR count). The molecule has 0 aliphatic heterocycles. The molecule has 0 aliphatic carbocycles. The summed E-state index contributed by atoms with van der Waals surface area (Å²) in [6.07, 6.45) is 4.77. The number of carbonyl (C=O) groups is 1. The summed E-state index contributed by atoms with van der Waals surface area (Å²) in [6, 6.07) is 24.5. The first-order valence-electron chi connectivity index (χ1n) is 8.44. The third kappa shape index (κ3) is 2.16. The minimum absolute atomic E-state index is 0.0868. The first-order valence-corrected chi connectivity index (χ1v) is 8.44. The van der Waals surface area contributed by atoms with E-state index in [0.717, 1.165) is 16.7 Å². The second-order valence-electron chi connectivity index (χ2n) is 6.19. The van der Waals surface area contributed by atoms with E-state index >= 15 is 0 Å². The van der Waals surface area contributed by atoms with Gasteiger partial charge in [-0.3, -0.25) is 9.36 Å². The highest BCUT2D eigenvalue weighted by Crippen LogP contribution is 2.31. The summed E-state index contributed by atoms with van der Waals surface area (Å²) >= 11 is 0. The largest absolute Gasteiger partial charge is 0.309 e. The Hall–Kier alpha value is -3.66. The monoisotopic (exact) mass is 337 g/mol. The quantitative estimate of drug-likeness (QED) is 0.470. The summed E-state index contributed by atoms with van der Waals surface area (Å²) in [5, 5.41) is 2.45. The Morgan fingerprint density at radius 1 is 0.769 bits per heavy atom. The van der Waals surface area contributed by atoms with Crippen molar-refractivity contribution in [2.24, 2.45) is 0 Å². The fourth-order valence-electron chi connectivity index (χ4n) is 3.48. The van der Waals surface area contributed by atoms with Gasteiger partial charge in [-0.1, -0.05) is 36.4 Å². The van der Waals surface area contributed by atoms with Crippen LogP contribution in [0.2, 0.25) is 0 Å². The molecule has 0 amide bonds. The first-order chi connectivity index (χ1) is 12.8. The third-order valence-corrected chi connectivity index (χ3v) is 4.69. The van der Waals surface area contributed by atoms with Crippen molar-refractivity contribution in [1.29, 1.82) is 0 Å². The highest BCUT2D eigenvalue weighted by Gasteiger charge is 2.12. The smallest absolute Gasteiger partial charge is 0.263 e. The molecule has 0 aliphatic rings. The maximum atomic E-state index is 12.4. The Bertz CT molecular complexity index is 1180. The second-order valence-corrected chi connectivity index (χ2v) is 6.19. The van der Waals surface area contributed by atoms with Gasteiger partial charge >= 0.3 is 0 Å². The van der Waals surface area contributed by atoms with Crippen LogP contribution in [0.5, 0.6) is 0 Å². The van der Waals surface area contributed by atoms with E-state index in [1.165, 1.54) is 21.7 Å². The molecule has 0 saturated heterocycles. The highest BCUT2D eigenvalue weighted by atomic mass is 16.2.